The second kappa shape index (κ2) is 61.1. The third kappa shape index (κ3) is 42.3. The molecule has 0 bridgehead atoms. The number of carbonyl (C=O) groups excluding carboxylic acids is 11. The molecule has 10 atom stereocenters. The maximum atomic E-state index is 14.9. The minimum absolute atomic E-state index is 0.00653. The zero-order valence-corrected chi connectivity index (χ0v) is 70.4. The van der Waals surface area contributed by atoms with E-state index >= 15 is 0 Å². The number of amides is 9. The van der Waals surface area contributed by atoms with Crippen molar-refractivity contribution in [1.82, 2.24) is 57.0 Å². The van der Waals surface area contributed by atoms with Crippen LogP contribution in [-0.2, 0) is 84.6 Å². The number of aliphatic hydroxyl groups excluding tert-OH is 1. The Morgan fingerprint density at radius 3 is 1.45 bits per heavy atom. The molecule has 0 unspecified atom stereocenters. The number of aliphatic hydroxyl groups is 1. The van der Waals surface area contributed by atoms with E-state index in [1.807, 2.05) is 0 Å². The normalized spacial score (nSPS) is 15.9. The lowest BCUT2D eigenvalue weighted by atomic mass is 10.0. The van der Waals surface area contributed by atoms with Crippen LogP contribution < -0.4 is 54.4 Å². The van der Waals surface area contributed by atoms with Crippen molar-refractivity contribution in [2.24, 2.45) is 17.2 Å². The van der Waals surface area contributed by atoms with Crippen molar-refractivity contribution in [1.29, 1.82) is 0 Å². The number of ether oxygens (including phenoxy) is 2. The Morgan fingerprint density at radius 2 is 0.991 bits per heavy atom. The fraction of sp³-hybridized carbons (Fsp3) is 0.738. The molecule has 0 radical (unpaired) electrons. The third-order valence-corrected chi connectivity index (χ3v) is 22.4. The maximum absolute atomic E-state index is 14.9. The van der Waals surface area contributed by atoms with E-state index in [4.69, 9.17) is 26.7 Å². The average molecular weight is 1670 g/mol. The SMILES string of the molecule is CCCCCCCCCCCCCCCC(=O)OC[C@H](CSC[C@H](N)C(=O)NCC(=O)N[C@@H](CC(=O)O)C(=O)N1CCC[C@H]1C(=O)N[C@@H](CCCCN)C(=O)N[C@@H](Cc1cnc[nH]1)C(=O)N1CCC[C@H]1C(=O)N[C@@H](CCCCN)C(=O)N[C@@H](CO)C(=O)N[C@@H](Cc1ccccc1)C(=O)O)OC(=O)CCCCCCCCCCCCCCC. The standard InChI is InChI=1S/C84H140N14O18S/c1-3-5-7-9-11-13-15-17-19-21-23-25-30-44-74(103)115-56-62(116-75(104)45-31-26-24-22-20-18-16-14-12-10-8-6-4-2)57-117-58-63(87)76(105)89-54-72(100)91-67(52-73(101)102)83(112)98-49-37-43-71(98)81(110)92-64(40-32-34-46-85)77(106)94-66(51-61-53-88-59-90-61)82(111)97-48-36-42-70(97)80(109)93-65(41-33-35-47-86)78(107)96-69(55-99)79(108)95-68(84(113)114)50-60-38-28-27-29-39-60/h27-29,38-39,53,59,62-71,99H,3-26,30-37,40-52,54-58,85-87H2,1-2H3,(H,88,90)(H,89,105)(H,91,100)(H,92,110)(H,93,109)(H,94,106)(H,95,108)(H,96,107)(H,101,102)(H,113,114)/t62-,63+,64+,65+,66+,67+,68+,69+,70+,71+/m1/s1. The number of aromatic nitrogens is 2. The van der Waals surface area contributed by atoms with Crippen LogP contribution in [0.5, 0.6) is 0 Å². The van der Waals surface area contributed by atoms with E-state index in [-0.39, 0.29) is 102 Å². The predicted octanol–water partition coefficient (Wildman–Crippen LogP) is 6.49. The second-order valence-electron chi connectivity index (χ2n) is 31.1. The van der Waals surface area contributed by atoms with E-state index in [1.165, 1.54) is 145 Å². The number of H-pyrrole nitrogens is 1. The van der Waals surface area contributed by atoms with Gasteiger partial charge in [-0.25, -0.2) is 9.78 Å². The van der Waals surface area contributed by atoms with Gasteiger partial charge in [-0.1, -0.05) is 198 Å². The monoisotopic (exact) mass is 1670 g/mol. The summed E-state index contributed by atoms with van der Waals surface area (Å²) >= 11 is 1.18. The van der Waals surface area contributed by atoms with Gasteiger partial charge in [0.05, 0.1) is 31.9 Å². The van der Waals surface area contributed by atoms with Crippen LogP contribution in [0.3, 0.4) is 0 Å². The first-order valence-electron chi connectivity index (χ1n) is 43.4. The van der Waals surface area contributed by atoms with Crippen molar-refractivity contribution >= 4 is 88.8 Å². The van der Waals surface area contributed by atoms with Gasteiger partial charge in [0.15, 0.2) is 0 Å². The van der Waals surface area contributed by atoms with E-state index in [2.05, 4.69) is 61.0 Å². The van der Waals surface area contributed by atoms with Gasteiger partial charge in [0.25, 0.3) is 0 Å². The summed E-state index contributed by atoms with van der Waals surface area (Å²) < 4.78 is 11.5. The molecule has 117 heavy (non-hydrogen) atoms. The van der Waals surface area contributed by atoms with Crippen LogP contribution in [0.15, 0.2) is 42.9 Å². The van der Waals surface area contributed by atoms with Gasteiger partial charge in [-0.05, 0) is 95.7 Å². The smallest absolute Gasteiger partial charge is 0.326 e. The fourth-order valence-electron chi connectivity index (χ4n) is 14.5. The summed E-state index contributed by atoms with van der Waals surface area (Å²) in [5.74, 6) is -11.2. The Hall–Kier alpha value is -8.27. The van der Waals surface area contributed by atoms with Gasteiger partial charge in [-0.2, -0.15) is 11.8 Å². The number of nitrogens with two attached hydrogens (primary N) is 3. The lowest BCUT2D eigenvalue weighted by Crippen LogP contribution is -2.60. The van der Waals surface area contributed by atoms with Crippen LogP contribution in [0.1, 0.15) is 276 Å². The number of carboxylic acids is 2. The van der Waals surface area contributed by atoms with Crippen LogP contribution >= 0.6 is 11.8 Å². The maximum Gasteiger partial charge on any atom is 0.326 e. The lowest BCUT2D eigenvalue weighted by Gasteiger charge is -2.31. The van der Waals surface area contributed by atoms with E-state index in [0.717, 1.165) is 43.4 Å². The third-order valence-electron chi connectivity index (χ3n) is 21.2. The first-order chi connectivity index (χ1) is 56.5. The van der Waals surface area contributed by atoms with Crippen molar-refractivity contribution in [3.8, 4) is 0 Å². The van der Waals surface area contributed by atoms with Gasteiger partial charge in [0, 0.05) is 62.2 Å². The lowest BCUT2D eigenvalue weighted by molar-refractivity contribution is -0.157. The molecule has 0 saturated carbocycles. The van der Waals surface area contributed by atoms with Gasteiger partial charge in [-0.3, -0.25) is 57.5 Å². The molecule has 4 rings (SSSR count). The molecular formula is C84H140N14O18S. The highest BCUT2D eigenvalue weighted by Gasteiger charge is 2.43. The summed E-state index contributed by atoms with van der Waals surface area (Å²) in [5, 5.41) is 48.0. The average Bonchev–Trinajstić information content (AvgIpc) is 1.70. The minimum atomic E-state index is -1.73. The molecule has 2 aromatic rings. The number of unbranched alkanes of at least 4 members (excludes halogenated alkanes) is 26. The molecule has 3 heterocycles. The number of imidazole rings is 1. The number of aliphatic carboxylic acids is 2. The Morgan fingerprint density at radius 1 is 0.530 bits per heavy atom. The molecule has 0 aliphatic carbocycles. The van der Waals surface area contributed by atoms with Crippen molar-refractivity contribution in [2.75, 3.05) is 57.4 Å². The quantitative estimate of drug-likeness (QED) is 0.0248. The summed E-state index contributed by atoms with van der Waals surface area (Å²) in [5.41, 5.74) is 18.9. The van der Waals surface area contributed by atoms with Crippen molar-refractivity contribution in [2.45, 2.75) is 338 Å². The van der Waals surface area contributed by atoms with E-state index in [9.17, 15) is 77.6 Å². The molecule has 1 aromatic heterocycles. The zero-order chi connectivity index (χ0) is 85.4. The first kappa shape index (κ1) is 101. The minimum Gasteiger partial charge on any atom is -0.481 e. The van der Waals surface area contributed by atoms with Crippen LogP contribution in [0.2, 0.25) is 0 Å². The number of rotatable bonds is 67. The molecule has 32 nitrogen and oxygen atoms in total. The van der Waals surface area contributed by atoms with Crippen LogP contribution in [-0.4, -0.2) is 230 Å². The number of benzene rings is 1. The summed E-state index contributed by atoms with van der Waals surface area (Å²) in [6.45, 7) is 3.05. The number of hydrogen-bond donors (Lipinski definition) is 14. The van der Waals surface area contributed by atoms with Gasteiger partial charge in [0.1, 0.15) is 61.0 Å². The summed E-state index contributed by atoms with van der Waals surface area (Å²) in [4.78, 5) is 187. The summed E-state index contributed by atoms with van der Waals surface area (Å²) in [7, 11) is 0. The number of esters is 2. The molecule has 2 saturated heterocycles. The number of carboxylic acid groups (broad SMARTS) is 2. The van der Waals surface area contributed by atoms with E-state index in [1.54, 1.807) is 30.3 Å². The fourth-order valence-corrected chi connectivity index (χ4v) is 15.4. The van der Waals surface area contributed by atoms with Gasteiger partial charge in [0.2, 0.25) is 53.2 Å². The number of aromatic amines is 1. The Bertz CT molecular complexity index is 3250. The molecule has 33 heteroatoms. The predicted molar refractivity (Wildman–Crippen MR) is 446 cm³/mol. The topological polar surface area (TPSA) is 498 Å². The van der Waals surface area contributed by atoms with Crippen LogP contribution in [0.25, 0.3) is 0 Å². The molecule has 2 aliphatic heterocycles. The van der Waals surface area contributed by atoms with Gasteiger partial charge >= 0.3 is 23.9 Å². The summed E-state index contributed by atoms with van der Waals surface area (Å²) in [6, 6.07) is -4.04. The number of thioether (sulfide) groups is 1. The molecule has 1 aromatic carbocycles. The second-order valence-corrected chi connectivity index (χ2v) is 32.2. The van der Waals surface area contributed by atoms with Crippen molar-refractivity contribution in [3.63, 3.8) is 0 Å². The highest BCUT2D eigenvalue weighted by atomic mass is 32.2. The number of hydrogen-bond acceptors (Lipinski definition) is 21. The van der Waals surface area contributed by atoms with Crippen molar-refractivity contribution in [3.05, 3.63) is 54.1 Å². The number of carbonyl (C=O) groups is 13. The van der Waals surface area contributed by atoms with Gasteiger partial charge in [-0.15, -0.1) is 0 Å². The highest BCUT2D eigenvalue weighted by molar-refractivity contribution is 7.99. The zero-order valence-electron chi connectivity index (χ0n) is 69.6. The number of nitrogens with one attached hydrogen (secondary N) is 8. The Balaban J connectivity index is 1.36. The molecule has 17 N–H and O–H groups in total. The van der Waals surface area contributed by atoms with Crippen LogP contribution in [0.4, 0.5) is 0 Å². The Kier molecular flexibility index (Phi) is 52.8. The van der Waals surface area contributed by atoms with Crippen molar-refractivity contribution < 1.29 is 87.1 Å². The molecular weight excluding hydrogens is 1530 g/mol. The Labute approximate surface area is 695 Å². The molecule has 9 amide bonds. The molecule has 660 valence electrons. The number of likely N-dealkylation sites (tertiary alicyclic amines) is 2. The largest absolute Gasteiger partial charge is 0.481 e. The molecule has 0 spiro atoms. The summed E-state index contributed by atoms with van der Waals surface area (Å²) in [6.07, 6.45) is 33.6. The molecule has 2 fully saturated rings. The highest BCUT2D eigenvalue weighted by Crippen LogP contribution is 2.24. The molecule has 2 aliphatic rings. The number of nitrogens with zero attached hydrogens (tertiary/aromatic N) is 3. The van der Waals surface area contributed by atoms with E-state index < -0.39 is 157 Å². The van der Waals surface area contributed by atoms with E-state index in [0.29, 0.717) is 56.2 Å². The first-order valence-corrected chi connectivity index (χ1v) is 44.5. The van der Waals surface area contributed by atoms with Crippen LogP contribution in [0, 0.1) is 0 Å². The van der Waals surface area contributed by atoms with Gasteiger partial charge < -0.3 is 94.0 Å².